The first-order valence-corrected chi connectivity index (χ1v) is 4.31. The molecule has 0 aromatic heterocycles. The summed E-state index contributed by atoms with van der Waals surface area (Å²) in [7, 11) is 3.53. The van der Waals surface area contributed by atoms with Crippen LogP contribution in [-0.2, 0) is 0 Å². The Labute approximate surface area is 83.1 Å². The second kappa shape index (κ2) is 4.30. The maximum Gasteiger partial charge on any atom is 0.265 e. The number of carbonyl (C=O) groups excluding carboxylic acids is 1. The van der Waals surface area contributed by atoms with E-state index < -0.39 is 0 Å². The van der Waals surface area contributed by atoms with Crippen LogP contribution in [0.2, 0.25) is 0 Å². The first-order valence-electron chi connectivity index (χ1n) is 3.87. The molecule has 3 nitrogen and oxygen atoms in total. The van der Waals surface area contributed by atoms with Gasteiger partial charge < -0.3 is 0 Å². The minimum absolute atomic E-state index is 0.124. The molecule has 1 amide bonds. The number of hydrogen-bond donors (Lipinski definition) is 2. The van der Waals surface area contributed by atoms with Crippen molar-refractivity contribution >= 4 is 18.5 Å². The Bertz CT molecular complexity index is 312. The van der Waals surface area contributed by atoms with Crippen LogP contribution in [0.15, 0.2) is 29.2 Å². The Morgan fingerprint density at radius 1 is 1.46 bits per heavy atom. The lowest BCUT2D eigenvalue weighted by atomic mass is 10.2. The fourth-order valence-electron chi connectivity index (χ4n) is 0.915. The van der Waals surface area contributed by atoms with Gasteiger partial charge in [0.1, 0.15) is 0 Å². The molecular formula is C9H12N2OS. The van der Waals surface area contributed by atoms with E-state index in [9.17, 15) is 4.79 Å². The number of carbonyl (C=O) groups is 1. The number of amides is 1. The lowest BCUT2D eigenvalue weighted by Crippen LogP contribution is -2.36. The van der Waals surface area contributed by atoms with E-state index in [-0.39, 0.29) is 5.91 Å². The van der Waals surface area contributed by atoms with Gasteiger partial charge in [-0.3, -0.25) is 10.2 Å². The van der Waals surface area contributed by atoms with Gasteiger partial charge in [-0.1, -0.05) is 6.07 Å². The first kappa shape index (κ1) is 10.1. The van der Waals surface area contributed by atoms with Gasteiger partial charge >= 0.3 is 0 Å². The summed E-state index contributed by atoms with van der Waals surface area (Å²) in [6.07, 6.45) is 0. The van der Waals surface area contributed by atoms with Crippen molar-refractivity contribution in [3.63, 3.8) is 0 Å². The van der Waals surface area contributed by atoms with Crippen molar-refractivity contribution in [2.45, 2.75) is 4.90 Å². The Hall–Kier alpha value is -1.00. The second-order valence-corrected chi connectivity index (χ2v) is 3.40. The fraction of sp³-hybridized carbons (Fsp3) is 0.222. The number of nitrogens with zero attached hydrogens (tertiary/aromatic N) is 1. The van der Waals surface area contributed by atoms with Gasteiger partial charge in [-0.05, 0) is 18.2 Å². The van der Waals surface area contributed by atoms with E-state index in [0.717, 1.165) is 4.90 Å². The molecule has 0 heterocycles. The highest BCUT2D eigenvalue weighted by Gasteiger charge is 2.04. The molecule has 0 bridgehead atoms. The third-order valence-corrected chi connectivity index (χ3v) is 1.71. The third-order valence-electron chi connectivity index (χ3n) is 1.43. The maximum atomic E-state index is 11.4. The van der Waals surface area contributed by atoms with Crippen molar-refractivity contribution in [3.8, 4) is 0 Å². The van der Waals surface area contributed by atoms with Crippen LogP contribution < -0.4 is 5.43 Å². The summed E-state index contributed by atoms with van der Waals surface area (Å²) in [6.45, 7) is 0. The summed E-state index contributed by atoms with van der Waals surface area (Å²) in [5, 5.41) is 1.60. The van der Waals surface area contributed by atoms with Gasteiger partial charge in [0.2, 0.25) is 0 Å². The number of hydrazine groups is 1. The van der Waals surface area contributed by atoms with E-state index in [1.807, 2.05) is 6.07 Å². The Morgan fingerprint density at radius 3 is 2.69 bits per heavy atom. The lowest BCUT2D eigenvalue weighted by Gasteiger charge is -2.11. The predicted molar refractivity (Wildman–Crippen MR) is 54.8 cm³/mol. The minimum Gasteiger partial charge on any atom is -0.285 e. The molecule has 0 saturated carbocycles. The molecular weight excluding hydrogens is 184 g/mol. The molecule has 70 valence electrons. The summed E-state index contributed by atoms with van der Waals surface area (Å²) >= 11 is 4.15. The van der Waals surface area contributed by atoms with Crippen molar-refractivity contribution in [1.82, 2.24) is 10.4 Å². The van der Waals surface area contributed by atoms with Crippen molar-refractivity contribution < 1.29 is 4.79 Å². The van der Waals surface area contributed by atoms with Gasteiger partial charge in [-0.15, -0.1) is 12.6 Å². The van der Waals surface area contributed by atoms with Crippen LogP contribution in [-0.4, -0.2) is 25.0 Å². The molecule has 1 aromatic carbocycles. The number of benzene rings is 1. The van der Waals surface area contributed by atoms with Crippen molar-refractivity contribution in [2.24, 2.45) is 0 Å². The molecule has 4 heteroatoms. The molecule has 1 aromatic rings. The van der Waals surface area contributed by atoms with Crippen molar-refractivity contribution in [2.75, 3.05) is 14.1 Å². The highest BCUT2D eigenvalue weighted by Crippen LogP contribution is 2.08. The van der Waals surface area contributed by atoms with Crippen LogP contribution in [0.1, 0.15) is 10.4 Å². The van der Waals surface area contributed by atoms with E-state index >= 15 is 0 Å². The van der Waals surface area contributed by atoms with Crippen molar-refractivity contribution in [1.29, 1.82) is 0 Å². The monoisotopic (exact) mass is 196 g/mol. The molecule has 0 aliphatic heterocycles. The molecule has 0 aliphatic carbocycles. The quantitative estimate of drug-likeness (QED) is 0.550. The van der Waals surface area contributed by atoms with E-state index in [4.69, 9.17) is 0 Å². The third kappa shape index (κ3) is 3.08. The van der Waals surface area contributed by atoms with Gasteiger partial charge in [0, 0.05) is 24.6 Å². The number of hydrogen-bond acceptors (Lipinski definition) is 3. The number of nitrogens with one attached hydrogen (secondary N) is 1. The van der Waals surface area contributed by atoms with E-state index in [0.29, 0.717) is 5.56 Å². The molecule has 0 fully saturated rings. The fourth-order valence-corrected chi connectivity index (χ4v) is 1.14. The highest BCUT2D eigenvalue weighted by atomic mass is 32.1. The van der Waals surface area contributed by atoms with E-state index in [1.165, 1.54) is 0 Å². The summed E-state index contributed by atoms with van der Waals surface area (Å²) in [5.41, 5.74) is 3.26. The van der Waals surface area contributed by atoms with Crippen LogP contribution in [0, 0.1) is 0 Å². The molecule has 1 rings (SSSR count). The normalized spacial score (nSPS) is 10.2. The lowest BCUT2D eigenvalue weighted by molar-refractivity contribution is 0.0856. The molecule has 13 heavy (non-hydrogen) atoms. The Balaban J connectivity index is 2.77. The first-order chi connectivity index (χ1) is 6.09. The van der Waals surface area contributed by atoms with E-state index in [2.05, 4.69) is 18.1 Å². The van der Waals surface area contributed by atoms with Crippen LogP contribution in [0.4, 0.5) is 0 Å². The Kier molecular flexibility index (Phi) is 3.33. The summed E-state index contributed by atoms with van der Waals surface area (Å²) in [4.78, 5) is 12.2. The smallest absolute Gasteiger partial charge is 0.265 e. The molecule has 1 N–H and O–H groups in total. The molecule has 0 unspecified atom stereocenters. The second-order valence-electron chi connectivity index (χ2n) is 2.89. The Morgan fingerprint density at radius 2 is 2.15 bits per heavy atom. The van der Waals surface area contributed by atoms with Crippen molar-refractivity contribution in [3.05, 3.63) is 29.8 Å². The molecule has 0 atom stereocenters. The zero-order valence-corrected chi connectivity index (χ0v) is 8.51. The zero-order valence-electron chi connectivity index (χ0n) is 7.61. The summed E-state index contributed by atoms with van der Waals surface area (Å²) < 4.78 is 0. The van der Waals surface area contributed by atoms with Gasteiger partial charge in [0.05, 0.1) is 0 Å². The largest absolute Gasteiger partial charge is 0.285 e. The number of thiol groups is 1. The van der Waals surface area contributed by atoms with Crippen LogP contribution in [0.25, 0.3) is 0 Å². The van der Waals surface area contributed by atoms with Gasteiger partial charge in [-0.25, -0.2) is 5.01 Å². The summed E-state index contributed by atoms with van der Waals surface area (Å²) in [5.74, 6) is -0.124. The molecule has 0 saturated heterocycles. The minimum atomic E-state index is -0.124. The van der Waals surface area contributed by atoms with Gasteiger partial charge in [-0.2, -0.15) is 0 Å². The number of rotatable bonds is 2. The van der Waals surface area contributed by atoms with Crippen LogP contribution in [0.3, 0.4) is 0 Å². The predicted octanol–water partition coefficient (Wildman–Crippen LogP) is 1.18. The van der Waals surface area contributed by atoms with Crippen LogP contribution >= 0.6 is 12.6 Å². The van der Waals surface area contributed by atoms with Gasteiger partial charge in [0.15, 0.2) is 0 Å². The standard InChI is InChI=1S/C9H12N2OS/c1-11(2)10-9(12)7-4-3-5-8(13)6-7/h3-6,13H,1-2H3,(H,10,12). The van der Waals surface area contributed by atoms with Gasteiger partial charge in [0.25, 0.3) is 5.91 Å². The molecule has 0 spiro atoms. The SMILES string of the molecule is CN(C)NC(=O)c1cccc(S)c1. The molecule has 0 radical (unpaired) electrons. The molecule has 0 aliphatic rings. The maximum absolute atomic E-state index is 11.4. The van der Waals surface area contributed by atoms with E-state index in [1.54, 1.807) is 37.3 Å². The van der Waals surface area contributed by atoms with Crippen LogP contribution in [0.5, 0.6) is 0 Å². The summed E-state index contributed by atoms with van der Waals surface area (Å²) in [6, 6.07) is 7.10. The topological polar surface area (TPSA) is 32.3 Å². The average molecular weight is 196 g/mol. The zero-order chi connectivity index (χ0) is 9.84. The average Bonchev–Trinajstić information content (AvgIpc) is 2.03. The highest BCUT2D eigenvalue weighted by molar-refractivity contribution is 7.80.